The molecule has 6 heteroatoms. The van der Waals surface area contributed by atoms with Crippen molar-refractivity contribution in [2.75, 3.05) is 6.26 Å². The van der Waals surface area contributed by atoms with Crippen LogP contribution in [0.25, 0.3) is 0 Å². The van der Waals surface area contributed by atoms with E-state index in [1.165, 1.54) is 31.2 Å². The van der Waals surface area contributed by atoms with Crippen molar-refractivity contribution in [2.24, 2.45) is 0 Å². The van der Waals surface area contributed by atoms with Crippen molar-refractivity contribution < 1.29 is 22.7 Å². The predicted molar refractivity (Wildman–Crippen MR) is 89.9 cm³/mol. The minimum atomic E-state index is -3.33. The topological polar surface area (TPSA) is 77.5 Å². The maximum absolute atomic E-state index is 12.3. The van der Waals surface area contributed by atoms with Gasteiger partial charge < -0.3 is 4.74 Å². The number of aryl methyl sites for hydroxylation is 1. The first kappa shape index (κ1) is 17.9. The number of carbonyl (C=O) groups is 2. The van der Waals surface area contributed by atoms with Gasteiger partial charge in [-0.15, -0.1) is 0 Å². The standard InChI is InChI=1S/C18H18O5S/c1-12-4-6-14(7-5-12)17(19)13(2)23-18(20)15-8-10-16(11-9-15)24(3,21)22/h4-11,13H,1-3H3/t13-/m1/s1. The smallest absolute Gasteiger partial charge is 0.338 e. The van der Waals surface area contributed by atoms with E-state index in [1.807, 2.05) is 19.1 Å². The van der Waals surface area contributed by atoms with Crippen LogP contribution in [0.3, 0.4) is 0 Å². The maximum atomic E-state index is 12.3. The number of esters is 1. The fourth-order valence-electron chi connectivity index (χ4n) is 2.07. The molecule has 24 heavy (non-hydrogen) atoms. The lowest BCUT2D eigenvalue weighted by atomic mass is 10.1. The van der Waals surface area contributed by atoms with Gasteiger partial charge in [-0.1, -0.05) is 29.8 Å². The van der Waals surface area contributed by atoms with Crippen molar-refractivity contribution in [1.82, 2.24) is 0 Å². The van der Waals surface area contributed by atoms with Gasteiger partial charge in [0.15, 0.2) is 15.9 Å². The third kappa shape index (κ3) is 4.29. The minimum Gasteiger partial charge on any atom is -0.451 e. The van der Waals surface area contributed by atoms with E-state index in [-0.39, 0.29) is 16.2 Å². The Hall–Kier alpha value is -2.47. The molecular formula is C18H18O5S. The molecule has 0 aliphatic rings. The van der Waals surface area contributed by atoms with E-state index in [1.54, 1.807) is 12.1 Å². The second-order valence-electron chi connectivity index (χ2n) is 5.57. The third-order valence-corrected chi connectivity index (χ3v) is 4.64. The van der Waals surface area contributed by atoms with E-state index in [9.17, 15) is 18.0 Å². The molecular weight excluding hydrogens is 328 g/mol. The van der Waals surface area contributed by atoms with Crippen molar-refractivity contribution in [3.8, 4) is 0 Å². The number of ether oxygens (including phenoxy) is 1. The first-order valence-corrected chi connectivity index (χ1v) is 9.19. The van der Waals surface area contributed by atoms with Crippen LogP contribution in [0.4, 0.5) is 0 Å². The Morgan fingerprint density at radius 3 is 1.92 bits per heavy atom. The van der Waals surface area contributed by atoms with Crippen LogP contribution in [0.15, 0.2) is 53.4 Å². The molecule has 0 saturated carbocycles. The average Bonchev–Trinajstić information content (AvgIpc) is 2.54. The molecule has 0 unspecified atom stereocenters. The molecule has 0 saturated heterocycles. The van der Waals surface area contributed by atoms with E-state index in [0.29, 0.717) is 5.56 Å². The second kappa shape index (κ2) is 6.97. The van der Waals surface area contributed by atoms with Crippen molar-refractivity contribution in [3.05, 3.63) is 65.2 Å². The maximum Gasteiger partial charge on any atom is 0.338 e. The Kier molecular flexibility index (Phi) is 5.19. The predicted octanol–water partition coefficient (Wildman–Crippen LogP) is 2.83. The number of ketones is 1. The molecule has 0 spiro atoms. The van der Waals surface area contributed by atoms with Crippen LogP contribution in [-0.2, 0) is 14.6 Å². The number of benzene rings is 2. The normalized spacial score (nSPS) is 12.5. The zero-order valence-electron chi connectivity index (χ0n) is 13.6. The van der Waals surface area contributed by atoms with E-state index in [4.69, 9.17) is 4.74 Å². The van der Waals surface area contributed by atoms with E-state index in [0.717, 1.165) is 11.8 Å². The fourth-order valence-corrected chi connectivity index (χ4v) is 2.70. The van der Waals surface area contributed by atoms with Gasteiger partial charge in [0.2, 0.25) is 5.78 Å². The summed E-state index contributed by atoms with van der Waals surface area (Å²) in [6.45, 7) is 3.42. The molecule has 1 atom stereocenters. The van der Waals surface area contributed by atoms with Gasteiger partial charge in [-0.2, -0.15) is 0 Å². The highest BCUT2D eigenvalue weighted by molar-refractivity contribution is 7.90. The number of sulfone groups is 1. The van der Waals surface area contributed by atoms with E-state index in [2.05, 4.69) is 0 Å². The van der Waals surface area contributed by atoms with Crippen molar-refractivity contribution in [2.45, 2.75) is 24.8 Å². The largest absolute Gasteiger partial charge is 0.451 e. The highest BCUT2D eigenvalue weighted by Crippen LogP contribution is 2.14. The highest BCUT2D eigenvalue weighted by Gasteiger charge is 2.20. The van der Waals surface area contributed by atoms with Gasteiger partial charge in [-0.3, -0.25) is 4.79 Å². The number of Topliss-reactive ketones (excluding diaryl/α,β-unsaturated/α-hetero) is 1. The summed E-state index contributed by atoms with van der Waals surface area (Å²) in [5.41, 5.74) is 1.68. The third-order valence-electron chi connectivity index (χ3n) is 3.51. The van der Waals surface area contributed by atoms with Crippen LogP contribution < -0.4 is 0 Å². The van der Waals surface area contributed by atoms with E-state index < -0.39 is 21.9 Å². The lowest BCUT2D eigenvalue weighted by molar-refractivity contribution is 0.0318. The number of rotatable bonds is 5. The number of hydrogen-bond acceptors (Lipinski definition) is 5. The summed E-state index contributed by atoms with van der Waals surface area (Å²) in [5, 5.41) is 0. The molecule has 0 aliphatic heterocycles. The monoisotopic (exact) mass is 346 g/mol. The van der Waals surface area contributed by atoms with Crippen molar-refractivity contribution in [3.63, 3.8) is 0 Å². The summed E-state index contributed by atoms with van der Waals surface area (Å²) < 4.78 is 28.0. The Morgan fingerprint density at radius 2 is 1.42 bits per heavy atom. The summed E-state index contributed by atoms with van der Waals surface area (Å²) >= 11 is 0. The van der Waals surface area contributed by atoms with Gasteiger partial charge in [0.1, 0.15) is 0 Å². The Labute approximate surface area is 141 Å². The molecule has 2 aromatic rings. The molecule has 0 radical (unpaired) electrons. The summed E-state index contributed by atoms with van der Waals surface area (Å²) in [5.74, 6) is -0.973. The van der Waals surface area contributed by atoms with Crippen LogP contribution in [0.5, 0.6) is 0 Å². The second-order valence-corrected chi connectivity index (χ2v) is 7.59. The molecule has 0 bridgehead atoms. The Morgan fingerprint density at radius 1 is 0.917 bits per heavy atom. The Bertz CT molecular complexity index is 849. The number of hydrogen-bond donors (Lipinski definition) is 0. The lowest BCUT2D eigenvalue weighted by Crippen LogP contribution is -2.24. The molecule has 0 aliphatic carbocycles. The summed E-state index contributed by atoms with van der Waals surface area (Å²) in [6, 6.07) is 12.4. The SMILES string of the molecule is Cc1ccc(C(=O)[C@@H](C)OC(=O)c2ccc(S(C)(=O)=O)cc2)cc1. The molecule has 5 nitrogen and oxygen atoms in total. The molecule has 0 amide bonds. The first-order chi connectivity index (χ1) is 11.2. The van der Waals surface area contributed by atoms with Gasteiger partial charge in [0.05, 0.1) is 10.5 Å². The summed E-state index contributed by atoms with van der Waals surface area (Å²) in [7, 11) is -3.33. The van der Waals surface area contributed by atoms with Gasteiger partial charge in [-0.05, 0) is 38.1 Å². The van der Waals surface area contributed by atoms with Crippen LogP contribution in [0.2, 0.25) is 0 Å². The molecule has 0 fully saturated rings. The highest BCUT2D eigenvalue weighted by atomic mass is 32.2. The Balaban J connectivity index is 2.08. The van der Waals surface area contributed by atoms with E-state index >= 15 is 0 Å². The fraction of sp³-hybridized carbons (Fsp3) is 0.222. The zero-order valence-corrected chi connectivity index (χ0v) is 14.5. The number of carbonyl (C=O) groups excluding carboxylic acids is 2. The summed E-state index contributed by atoms with van der Waals surface area (Å²) in [6.07, 6.45) is 0.151. The summed E-state index contributed by atoms with van der Waals surface area (Å²) in [4.78, 5) is 24.4. The molecule has 0 aromatic heterocycles. The van der Waals surface area contributed by atoms with Crippen LogP contribution in [-0.4, -0.2) is 32.5 Å². The van der Waals surface area contributed by atoms with Crippen molar-refractivity contribution >= 4 is 21.6 Å². The molecule has 0 heterocycles. The molecule has 2 rings (SSSR count). The molecule has 0 N–H and O–H groups in total. The van der Waals surface area contributed by atoms with Gasteiger partial charge in [0, 0.05) is 11.8 Å². The van der Waals surface area contributed by atoms with Gasteiger partial charge in [0.25, 0.3) is 0 Å². The lowest BCUT2D eigenvalue weighted by Gasteiger charge is -2.12. The van der Waals surface area contributed by atoms with Gasteiger partial charge >= 0.3 is 5.97 Å². The van der Waals surface area contributed by atoms with Crippen LogP contribution in [0.1, 0.15) is 33.2 Å². The van der Waals surface area contributed by atoms with Crippen LogP contribution >= 0.6 is 0 Å². The van der Waals surface area contributed by atoms with Gasteiger partial charge in [-0.25, -0.2) is 13.2 Å². The zero-order chi connectivity index (χ0) is 17.9. The molecule has 126 valence electrons. The van der Waals surface area contributed by atoms with Crippen LogP contribution in [0, 0.1) is 6.92 Å². The van der Waals surface area contributed by atoms with Crippen molar-refractivity contribution in [1.29, 1.82) is 0 Å². The quantitative estimate of drug-likeness (QED) is 0.614. The first-order valence-electron chi connectivity index (χ1n) is 7.30. The average molecular weight is 346 g/mol. The minimum absolute atomic E-state index is 0.114. The molecule has 2 aromatic carbocycles.